The minimum absolute atomic E-state index is 0.0149. The lowest BCUT2D eigenvalue weighted by Gasteiger charge is -2.37. The molecule has 1 N–H and O–H groups in total. The minimum atomic E-state index is 0.0149. The van der Waals surface area contributed by atoms with Gasteiger partial charge in [-0.2, -0.15) is 5.10 Å². The van der Waals surface area contributed by atoms with Crippen molar-refractivity contribution in [3.8, 4) is 11.1 Å². The van der Waals surface area contributed by atoms with E-state index < -0.39 is 0 Å². The van der Waals surface area contributed by atoms with Gasteiger partial charge in [-0.15, -0.1) is 0 Å². The summed E-state index contributed by atoms with van der Waals surface area (Å²) >= 11 is 0. The summed E-state index contributed by atoms with van der Waals surface area (Å²) in [6.07, 6.45) is 5.62. The summed E-state index contributed by atoms with van der Waals surface area (Å²) in [6.45, 7) is 3.10. The maximum Gasteiger partial charge on any atom is 0.231 e. The number of hydrogen-bond acceptors (Lipinski definition) is 5. The highest BCUT2D eigenvalue weighted by atomic mass is 16.5. The van der Waals surface area contributed by atoms with Gasteiger partial charge in [0.1, 0.15) is 5.82 Å². The number of pyridine rings is 1. The molecule has 1 aromatic carbocycles. The maximum absolute atomic E-state index is 12.4. The van der Waals surface area contributed by atoms with E-state index >= 15 is 0 Å². The van der Waals surface area contributed by atoms with Crippen LogP contribution < -0.4 is 5.32 Å². The summed E-state index contributed by atoms with van der Waals surface area (Å²) in [6, 6.07) is 8.12. The van der Waals surface area contributed by atoms with Crippen LogP contribution in [0.4, 0.5) is 5.82 Å². The van der Waals surface area contributed by atoms with Crippen LogP contribution in [0.3, 0.4) is 0 Å². The van der Waals surface area contributed by atoms with E-state index in [1.807, 2.05) is 31.6 Å². The van der Waals surface area contributed by atoms with Gasteiger partial charge in [-0.3, -0.25) is 14.4 Å². The second-order valence-corrected chi connectivity index (χ2v) is 6.97. The fraction of sp³-hybridized carbons (Fsp3) is 0.350. The predicted molar refractivity (Wildman–Crippen MR) is 104 cm³/mol. The van der Waals surface area contributed by atoms with Crippen molar-refractivity contribution in [3.05, 3.63) is 42.9 Å². The lowest BCUT2D eigenvalue weighted by atomic mass is 9.99. The number of aryl methyl sites for hydroxylation is 1. The molecule has 4 rings (SSSR count). The van der Waals surface area contributed by atoms with Crippen LogP contribution >= 0.6 is 0 Å². The molecule has 0 unspecified atom stereocenters. The standard InChI is InChI=1S/C20H23N5O2/c1-24-11-17(10-22-24)14-3-4-15-9-21-19(8-16(15)7-14)23-20(26)18-12-25(13-18)5-6-27-2/h3-4,7-11,18H,5-6,12-13H2,1-2H3,(H,21,23,26). The first-order valence-electron chi connectivity index (χ1n) is 9.03. The molecule has 140 valence electrons. The molecule has 2 aromatic heterocycles. The molecule has 0 atom stereocenters. The van der Waals surface area contributed by atoms with E-state index in [1.165, 1.54) is 0 Å². The molecule has 1 saturated heterocycles. The highest BCUT2D eigenvalue weighted by molar-refractivity contribution is 5.95. The van der Waals surface area contributed by atoms with Gasteiger partial charge in [0, 0.05) is 57.1 Å². The molecule has 0 saturated carbocycles. The first kappa shape index (κ1) is 17.6. The van der Waals surface area contributed by atoms with Gasteiger partial charge in [0.25, 0.3) is 0 Å². The summed E-state index contributed by atoms with van der Waals surface area (Å²) in [7, 11) is 3.59. The fourth-order valence-corrected chi connectivity index (χ4v) is 3.33. The molecule has 3 heterocycles. The van der Waals surface area contributed by atoms with E-state index in [0.717, 1.165) is 41.5 Å². The van der Waals surface area contributed by atoms with Crippen molar-refractivity contribution >= 4 is 22.5 Å². The van der Waals surface area contributed by atoms with Crippen molar-refractivity contribution < 1.29 is 9.53 Å². The number of anilines is 1. The Balaban J connectivity index is 1.45. The average molecular weight is 365 g/mol. The monoisotopic (exact) mass is 365 g/mol. The van der Waals surface area contributed by atoms with Crippen molar-refractivity contribution in [1.82, 2.24) is 19.7 Å². The molecule has 3 aromatic rings. The van der Waals surface area contributed by atoms with Crippen LogP contribution in [-0.4, -0.2) is 58.9 Å². The zero-order valence-corrected chi connectivity index (χ0v) is 15.6. The number of benzene rings is 1. The molecule has 1 amide bonds. The molecule has 7 heteroatoms. The topological polar surface area (TPSA) is 72.3 Å². The van der Waals surface area contributed by atoms with Crippen molar-refractivity contribution in [2.75, 3.05) is 38.7 Å². The summed E-state index contributed by atoms with van der Waals surface area (Å²) < 4.78 is 6.85. The Bertz CT molecular complexity index is 962. The Morgan fingerprint density at radius 1 is 1.22 bits per heavy atom. The number of rotatable bonds is 6. The second-order valence-electron chi connectivity index (χ2n) is 6.97. The number of fused-ring (bicyclic) bond motifs is 1. The molecule has 0 radical (unpaired) electrons. The van der Waals surface area contributed by atoms with Gasteiger partial charge >= 0.3 is 0 Å². The molecular weight excluding hydrogens is 342 g/mol. The van der Waals surface area contributed by atoms with Crippen molar-refractivity contribution in [2.45, 2.75) is 0 Å². The fourth-order valence-electron chi connectivity index (χ4n) is 3.33. The Morgan fingerprint density at radius 3 is 2.81 bits per heavy atom. The highest BCUT2D eigenvalue weighted by Gasteiger charge is 2.32. The first-order valence-corrected chi connectivity index (χ1v) is 9.03. The second kappa shape index (κ2) is 7.46. The number of aromatic nitrogens is 3. The van der Waals surface area contributed by atoms with Gasteiger partial charge in [0.15, 0.2) is 0 Å². The number of likely N-dealkylation sites (tertiary alicyclic amines) is 1. The van der Waals surface area contributed by atoms with Crippen LogP contribution in [0.2, 0.25) is 0 Å². The highest BCUT2D eigenvalue weighted by Crippen LogP contribution is 2.25. The molecule has 0 spiro atoms. The quantitative estimate of drug-likeness (QED) is 0.725. The van der Waals surface area contributed by atoms with Gasteiger partial charge in [0.2, 0.25) is 5.91 Å². The largest absolute Gasteiger partial charge is 0.383 e. The Labute approximate surface area is 157 Å². The minimum Gasteiger partial charge on any atom is -0.383 e. The summed E-state index contributed by atoms with van der Waals surface area (Å²) in [4.78, 5) is 19.0. The van der Waals surface area contributed by atoms with Crippen LogP contribution in [0.5, 0.6) is 0 Å². The third-order valence-corrected chi connectivity index (χ3v) is 4.95. The van der Waals surface area contributed by atoms with Crippen molar-refractivity contribution in [2.24, 2.45) is 13.0 Å². The van der Waals surface area contributed by atoms with Crippen LogP contribution in [0.15, 0.2) is 42.9 Å². The SMILES string of the molecule is COCCN1CC(C(=O)Nc2cc3cc(-c4cnn(C)c4)ccc3cn2)C1. The molecule has 0 aliphatic carbocycles. The van der Waals surface area contributed by atoms with E-state index in [4.69, 9.17) is 4.74 Å². The number of nitrogens with one attached hydrogen (secondary N) is 1. The van der Waals surface area contributed by atoms with Crippen LogP contribution in [0, 0.1) is 5.92 Å². The molecule has 0 bridgehead atoms. The maximum atomic E-state index is 12.4. The lowest BCUT2D eigenvalue weighted by Crippen LogP contribution is -2.52. The summed E-state index contributed by atoms with van der Waals surface area (Å²) in [5, 5.41) is 9.25. The molecular formula is C20H23N5O2. The van der Waals surface area contributed by atoms with E-state index in [2.05, 4.69) is 32.4 Å². The van der Waals surface area contributed by atoms with E-state index in [1.54, 1.807) is 18.0 Å². The van der Waals surface area contributed by atoms with Crippen LogP contribution in [-0.2, 0) is 16.6 Å². The molecule has 1 aliphatic heterocycles. The Kier molecular flexibility index (Phi) is 4.87. The summed E-state index contributed by atoms with van der Waals surface area (Å²) in [5.74, 6) is 0.631. The average Bonchev–Trinajstić information content (AvgIpc) is 3.06. The Hall–Kier alpha value is -2.77. The Morgan fingerprint density at radius 2 is 2.07 bits per heavy atom. The van der Waals surface area contributed by atoms with E-state index in [-0.39, 0.29) is 11.8 Å². The number of ether oxygens (including phenoxy) is 1. The number of hydrogen-bond donors (Lipinski definition) is 1. The van der Waals surface area contributed by atoms with Gasteiger partial charge in [-0.25, -0.2) is 4.98 Å². The van der Waals surface area contributed by atoms with Gasteiger partial charge in [-0.05, 0) is 23.1 Å². The molecule has 27 heavy (non-hydrogen) atoms. The van der Waals surface area contributed by atoms with E-state index in [0.29, 0.717) is 12.4 Å². The zero-order valence-electron chi connectivity index (χ0n) is 15.6. The van der Waals surface area contributed by atoms with Gasteiger partial charge < -0.3 is 10.1 Å². The van der Waals surface area contributed by atoms with Crippen molar-refractivity contribution in [1.29, 1.82) is 0 Å². The lowest BCUT2D eigenvalue weighted by molar-refractivity contribution is -0.125. The number of methoxy groups -OCH3 is 1. The normalized spacial score (nSPS) is 15.0. The zero-order chi connectivity index (χ0) is 18.8. The van der Waals surface area contributed by atoms with Gasteiger partial charge in [-0.1, -0.05) is 12.1 Å². The summed E-state index contributed by atoms with van der Waals surface area (Å²) in [5.41, 5.74) is 2.15. The predicted octanol–water partition coefficient (Wildman–Crippen LogP) is 2.15. The third kappa shape index (κ3) is 3.84. The number of nitrogens with zero attached hydrogens (tertiary/aromatic N) is 4. The van der Waals surface area contributed by atoms with Gasteiger partial charge in [0.05, 0.1) is 18.7 Å². The van der Waals surface area contributed by atoms with Crippen molar-refractivity contribution in [3.63, 3.8) is 0 Å². The molecule has 1 fully saturated rings. The van der Waals surface area contributed by atoms with Crippen LogP contribution in [0.25, 0.3) is 21.9 Å². The molecule has 1 aliphatic rings. The number of carbonyl (C=O) groups is 1. The number of amides is 1. The first-order chi connectivity index (χ1) is 13.1. The van der Waals surface area contributed by atoms with Crippen LogP contribution in [0.1, 0.15) is 0 Å². The third-order valence-electron chi connectivity index (χ3n) is 4.95. The van der Waals surface area contributed by atoms with E-state index in [9.17, 15) is 4.79 Å². The number of carbonyl (C=O) groups excluding carboxylic acids is 1. The smallest absolute Gasteiger partial charge is 0.231 e. The molecule has 7 nitrogen and oxygen atoms in total.